The van der Waals surface area contributed by atoms with Gasteiger partial charge in [-0.25, -0.2) is 4.79 Å². The van der Waals surface area contributed by atoms with Crippen molar-refractivity contribution in [3.8, 4) is 0 Å². The molecule has 0 bridgehead atoms. The SMILES string of the molecule is CC(C)[C@H](C)NC(=O)CN1C(=O)N[C@](C)(c2cccc3ccccc23)C1=O. The Hall–Kier alpha value is -2.89. The van der Waals surface area contributed by atoms with Crippen molar-refractivity contribution in [1.29, 1.82) is 0 Å². The number of amides is 4. The largest absolute Gasteiger partial charge is 0.352 e. The first-order chi connectivity index (χ1) is 12.7. The molecule has 0 radical (unpaired) electrons. The Morgan fingerprint density at radius 1 is 1.11 bits per heavy atom. The van der Waals surface area contributed by atoms with E-state index in [0.717, 1.165) is 21.2 Å². The average molecular weight is 367 g/mol. The van der Waals surface area contributed by atoms with Crippen LogP contribution in [0.25, 0.3) is 10.8 Å². The van der Waals surface area contributed by atoms with Crippen LogP contribution in [0.2, 0.25) is 0 Å². The van der Waals surface area contributed by atoms with Crippen LogP contribution in [-0.2, 0) is 15.1 Å². The molecule has 6 nitrogen and oxygen atoms in total. The second-order valence-corrected chi connectivity index (χ2v) is 7.57. The van der Waals surface area contributed by atoms with Crippen molar-refractivity contribution >= 4 is 28.6 Å². The van der Waals surface area contributed by atoms with Gasteiger partial charge >= 0.3 is 6.03 Å². The number of fused-ring (bicyclic) bond motifs is 1. The molecule has 2 aromatic carbocycles. The summed E-state index contributed by atoms with van der Waals surface area (Å²) in [7, 11) is 0. The Morgan fingerprint density at radius 2 is 1.78 bits per heavy atom. The summed E-state index contributed by atoms with van der Waals surface area (Å²) in [5, 5.41) is 7.49. The third-order valence-electron chi connectivity index (χ3n) is 5.29. The van der Waals surface area contributed by atoms with Crippen LogP contribution >= 0.6 is 0 Å². The van der Waals surface area contributed by atoms with E-state index in [4.69, 9.17) is 0 Å². The topological polar surface area (TPSA) is 78.5 Å². The van der Waals surface area contributed by atoms with E-state index in [9.17, 15) is 14.4 Å². The highest BCUT2D eigenvalue weighted by Gasteiger charge is 2.50. The fraction of sp³-hybridized carbons (Fsp3) is 0.381. The molecule has 1 heterocycles. The van der Waals surface area contributed by atoms with Crippen molar-refractivity contribution in [2.75, 3.05) is 6.54 Å². The van der Waals surface area contributed by atoms with Gasteiger partial charge in [-0.2, -0.15) is 0 Å². The lowest BCUT2D eigenvalue weighted by atomic mass is 9.88. The first-order valence-electron chi connectivity index (χ1n) is 9.15. The number of nitrogens with one attached hydrogen (secondary N) is 2. The van der Waals surface area contributed by atoms with Gasteiger partial charge in [-0.3, -0.25) is 14.5 Å². The molecule has 0 unspecified atom stereocenters. The molecular formula is C21H25N3O3. The monoisotopic (exact) mass is 367 g/mol. The molecule has 6 heteroatoms. The molecule has 0 spiro atoms. The molecule has 4 amide bonds. The number of carbonyl (C=O) groups excluding carboxylic acids is 3. The van der Waals surface area contributed by atoms with Gasteiger partial charge in [0.25, 0.3) is 5.91 Å². The summed E-state index contributed by atoms with van der Waals surface area (Å²) >= 11 is 0. The molecule has 2 aromatic rings. The van der Waals surface area contributed by atoms with Crippen LogP contribution in [-0.4, -0.2) is 35.3 Å². The lowest BCUT2D eigenvalue weighted by Crippen LogP contribution is -2.46. The van der Waals surface area contributed by atoms with Gasteiger partial charge in [0, 0.05) is 6.04 Å². The van der Waals surface area contributed by atoms with Gasteiger partial charge in [-0.15, -0.1) is 0 Å². The van der Waals surface area contributed by atoms with E-state index in [1.807, 2.05) is 63.2 Å². The van der Waals surface area contributed by atoms with Crippen molar-refractivity contribution in [2.45, 2.75) is 39.3 Å². The van der Waals surface area contributed by atoms with E-state index in [2.05, 4.69) is 10.6 Å². The minimum atomic E-state index is -1.21. The maximum Gasteiger partial charge on any atom is 0.325 e. The van der Waals surface area contributed by atoms with Gasteiger partial charge in [0.15, 0.2) is 0 Å². The zero-order valence-electron chi connectivity index (χ0n) is 16.1. The van der Waals surface area contributed by atoms with Gasteiger partial charge in [-0.05, 0) is 36.1 Å². The van der Waals surface area contributed by atoms with Crippen LogP contribution < -0.4 is 10.6 Å². The molecule has 2 atom stereocenters. The zero-order valence-corrected chi connectivity index (χ0v) is 16.1. The van der Waals surface area contributed by atoms with E-state index in [0.29, 0.717) is 0 Å². The number of imide groups is 1. The predicted molar refractivity (Wildman–Crippen MR) is 104 cm³/mol. The highest BCUT2D eigenvalue weighted by Crippen LogP contribution is 2.33. The number of rotatable bonds is 5. The van der Waals surface area contributed by atoms with E-state index in [1.54, 1.807) is 6.92 Å². The maximum atomic E-state index is 13.1. The first-order valence-corrected chi connectivity index (χ1v) is 9.15. The summed E-state index contributed by atoms with van der Waals surface area (Å²) in [5.41, 5.74) is -0.487. The third kappa shape index (κ3) is 3.39. The lowest BCUT2D eigenvalue weighted by Gasteiger charge is -2.24. The number of urea groups is 1. The van der Waals surface area contributed by atoms with E-state index < -0.39 is 17.5 Å². The molecule has 27 heavy (non-hydrogen) atoms. The third-order valence-corrected chi connectivity index (χ3v) is 5.29. The van der Waals surface area contributed by atoms with Gasteiger partial charge < -0.3 is 10.6 Å². The molecule has 0 aliphatic carbocycles. The minimum Gasteiger partial charge on any atom is -0.352 e. The number of hydrogen-bond donors (Lipinski definition) is 2. The van der Waals surface area contributed by atoms with Gasteiger partial charge in [0.1, 0.15) is 12.1 Å². The Balaban J connectivity index is 1.87. The van der Waals surface area contributed by atoms with Crippen molar-refractivity contribution < 1.29 is 14.4 Å². The average Bonchev–Trinajstić information content (AvgIpc) is 2.85. The Morgan fingerprint density at radius 3 is 2.48 bits per heavy atom. The Labute approximate surface area is 158 Å². The summed E-state index contributed by atoms with van der Waals surface area (Å²) in [6.45, 7) is 7.28. The lowest BCUT2D eigenvalue weighted by molar-refractivity contribution is -0.135. The van der Waals surface area contributed by atoms with Gasteiger partial charge in [0.05, 0.1) is 0 Å². The van der Waals surface area contributed by atoms with Crippen molar-refractivity contribution in [3.63, 3.8) is 0 Å². The van der Waals surface area contributed by atoms with Gasteiger partial charge in [0.2, 0.25) is 5.91 Å². The number of benzene rings is 2. The van der Waals surface area contributed by atoms with Crippen LogP contribution in [0.5, 0.6) is 0 Å². The fourth-order valence-corrected chi connectivity index (χ4v) is 3.29. The summed E-state index contributed by atoms with van der Waals surface area (Å²) in [6, 6.07) is 12.8. The van der Waals surface area contributed by atoms with Crippen LogP contribution in [0.4, 0.5) is 4.79 Å². The van der Waals surface area contributed by atoms with Crippen LogP contribution in [0.1, 0.15) is 33.3 Å². The highest BCUT2D eigenvalue weighted by molar-refractivity contribution is 6.10. The molecular weight excluding hydrogens is 342 g/mol. The summed E-state index contributed by atoms with van der Waals surface area (Å²) in [5.74, 6) is -0.504. The molecule has 3 rings (SSSR count). The molecule has 1 aliphatic rings. The molecule has 0 saturated carbocycles. The maximum absolute atomic E-state index is 13.1. The van der Waals surface area contributed by atoms with Crippen molar-refractivity contribution in [2.24, 2.45) is 5.92 Å². The molecule has 142 valence electrons. The quantitative estimate of drug-likeness (QED) is 0.798. The van der Waals surface area contributed by atoms with Crippen LogP contribution in [0.3, 0.4) is 0 Å². The molecule has 0 aromatic heterocycles. The minimum absolute atomic E-state index is 0.0392. The molecule has 2 N–H and O–H groups in total. The van der Waals surface area contributed by atoms with Crippen LogP contribution in [0, 0.1) is 5.92 Å². The second kappa shape index (κ2) is 7.02. The van der Waals surface area contributed by atoms with E-state index in [1.165, 1.54) is 0 Å². The standard InChI is InChI=1S/C21H25N3O3/c1-13(2)14(3)22-18(25)12-24-19(26)21(4,23-20(24)27)17-11-7-9-15-8-5-6-10-16(15)17/h5-11,13-14H,12H2,1-4H3,(H,22,25)(H,23,27)/t14-,21+/m0/s1. The van der Waals surface area contributed by atoms with Crippen molar-refractivity contribution in [3.05, 3.63) is 48.0 Å². The fourth-order valence-electron chi connectivity index (χ4n) is 3.29. The van der Waals surface area contributed by atoms with Gasteiger partial charge in [-0.1, -0.05) is 56.3 Å². The van der Waals surface area contributed by atoms with Crippen molar-refractivity contribution in [1.82, 2.24) is 15.5 Å². The highest BCUT2D eigenvalue weighted by atomic mass is 16.2. The predicted octanol–water partition coefficient (Wildman–Crippen LogP) is 2.77. The summed E-state index contributed by atoms with van der Waals surface area (Å²) in [6.07, 6.45) is 0. The van der Waals surface area contributed by atoms with E-state index >= 15 is 0 Å². The first kappa shape index (κ1) is 18.9. The number of carbonyl (C=O) groups is 3. The zero-order chi connectivity index (χ0) is 19.8. The normalized spacial score (nSPS) is 20.9. The Bertz CT molecular complexity index is 903. The van der Waals surface area contributed by atoms with Crippen LogP contribution in [0.15, 0.2) is 42.5 Å². The summed E-state index contributed by atoms with van der Waals surface area (Å²) in [4.78, 5) is 38.8. The Kier molecular flexibility index (Phi) is 4.91. The smallest absolute Gasteiger partial charge is 0.325 e. The molecule has 1 saturated heterocycles. The number of hydrogen-bond acceptors (Lipinski definition) is 3. The summed E-state index contributed by atoms with van der Waals surface area (Å²) < 4.78 is 0. The second-order valence-electron chi connectivity index (χ2n) is 7.57. The molecule has 1 aliphatic heterocycles. The van der Waals surface area contributed by atoms with E-state index in [-0.39, 0.29) is 24.4 Å². The number of nitrogens with zero attached hydrogens (tertiary/aromatic N) is 1. The molecule has 1 fully saturated rings.